The topological polar surface area (TPSA) is 80.8 Å². The van der Waals surface area contributed by atoms with E-state index in [1.807, 2.05) is 6.92 Å². The van der Waals surface area contributed by atoms with Crippen LogP contribution in [0.2, 0.25) is 0 Å². The summed E-state index contributed by atoms with van der Waals surface area (Å²) in [5.74, 6) is -2.13. The SMILES string of the molecule is C[C@@H]1CCCCN1S(=O)(=O)c1ccc(C(=O)OCC(=O)c2ccccc2F)cc1. The number of halogens is 1. The lowest BCUT2D eigenvalue weighted by molar-refractivity contribution is 0.0473. The molecule has 1 aliphatic rings. The maximum Gasteiger partial charge on any atom is 0.338 e. The largest absolute Gasteiger partial charge is 0.454 e. The lowest BCUT2D eigenvalue weighted by atomic mass is 10.1. The van der Waals surface area contributed by atoms with Gasteiger partial charge in [0.05, 0.1) is 16.0 Å². The van der Waals surface area contributed by atoms with Crippen molar-refractivity contribution in [1.82, 2.24) is 4.31 Å². The Bertz CT molecular complexity index is 1000. The number of esters is 1. The Morgan fingerprint density at radius 2 is 1.79 bits per heavy atom. The summed E-state index contributed by atoms with van der Waals surface area (Å²) in [7, 11) is -3.63. The molecule has 1 atom stereocenters. The first-order valence-corrected chi connectivity index (χ1v) is 10.8. The number of ketones is 1. The van der Waals surface area contributed by atoms with Gasteiger partial charge >= 0.3 is 5.97 Å². The van der Waals surface area contributed by atoms with E-state index in [-0.39, 0.29) is 22.1 Å². The van der Waals surface area contributed by atoms with Crippen LogP contribution in [0.15, 0.2) is 53.4 Å². The molecule has 1 fully saturated rings. The second-order valence-electron chi connectivity index (χ2n) is 6.96. The van der Waals surface area contributed by atoms with Gasteiger partial charge in [-0.05, 0) is 56.2 Å². The van der Waals surface area contributed by atoms with Crippen LogP contribution in [0, 0.1) is 5.82 Å². The van der Waals surface area contributed by atoms with Gasteiger partial charge in [-0.3, -0.25) is 4.79 Å². The first-order valence-electron chi connectivity index (χ1n) is 9.37. The average Bonchev–Trinajstić information content (AvgIpc) is 2.72. The Balaban J connectivity index is 1.66. The second kappa shape index (κ2) is 8.84. The van der Waals surface area contributed by atoms with Crippen LogP contribution in [0.3, 0.4) is 0 Å². The minimum Gasteiger partial charge on any atom is -0.454 e. The smallest absolute Gasteiger partial charge is 0.338 e. The summed E-state index contributed by atoms with van der Waals surface area (Å²) in [4.78, 5) is 24.2. The predicted molar refractivity (Wildman–Crippen MR) is 105 cm³/mol. The molecule has 1 aliphatic heterocycles. The Morgan fingerprint density at radius 3 is 2.45 bits per heavy atom. The molecule has 6 nitrogen and oxygen atoms in total. The zero-order valence-corrected chi connectivity index (χ0v) is 16.8. The van der Waals surface area contributed by atoms with Crippen molar-refractivity contribution >= 4 is 21.8 Å². The van der Waals surface area contributed by atoms with Crippen LogP contribution in [0.25, 0.3) is 0 Å². The molecular weight excluding hydrogens is 397 g/mol. The fourth-order valence-electron chi connectivity index (χ4n) is 3.31. The summed E-state index contributed by atoms with van der Waals surface area (Å²) in [5.41, 5.74) is -0.0469. The first-order chi connectivity index (χ1) is 13.8. The van der Waals surface area contributed by atoms with E-state index >= 15 is 0 Å². The zero-order chi connectivity index (χ0) is 21.0. The molecule has 154 valence electrons. The molecule has 0 bridgehead atoms. The van der Waals surface area contributed by atoms with Gasteiger partial charge in [0.25, 0.3) is 0 Å². The number of piperidine rings is 1. The van der Waals surface area contributed by atoms with E-state index in [0.717, 1.165) is 25.3 Å². The second-order valence-corrected chi connectivity index (χ2v) is 8.85. The minimum absolute atomic E-state index is 0.0669. The fraction of sp³-hybridized carbons (Fsp3) is 0.333. The molecule has 2 aromatic carbocycles. The monoisotopic (exact) mass is 419 g/mol. The molecule has 29 heavy (non-hydrogen) atoms. The van der Waals surface area contributed by atoms with E-state index < -0.39 is 34.2 Å². The number of sulfonamides is 1. The molecule has 0 unspecified atom stereocenters. The third-order valence-corrected chi connectivity index (χ3v) is 6.98. The number of nitrogens with zero attached hydrogens (tertiary/aromatic N) is 1. The van der Waals surface area contributed by atoms with E-state index in [1.165, 1.54) is 46.8 Å². The van der Waals surface area contributed by atoms with Gasteiger partial charge in [-0.2, -0.15) is 4.31 Å². The molecule has 0 spiro atoms. The van der Waals surface area contributed by atoms with Crippen LogP contribution in [0.4, 0.5) is 4.39 Å². The molecule has 1 heterocycles. The minimum atomic E-state index is -3.63. The Hall–Kier alpha value is -2.58. The molecule has 8 heteroatoms. The van der Waals surface area contributed by atoms with E-state index in [9.17, 15) is 22.4 Å². The molecule has 2 aromatic rings. The lowest BCUT2D eigenvalue weighted by Crippen LogP contribution is -2.41. The Kier molecular flexibility index (Phi) is 6.44. The summed E-state index contributed by atoms with van der Waals surface area (Å²) in [6, 6.07) is 10.8. The van der Waals surface area contributed by atoms with Gasteiger partial charge < -0.3 is 4.74 Å². The maximum absolute atomic E-state index is 13.6. The van der Waals surface area contributed by atoms with Crippen molar-refractivity contribution in [1.29, 1.82) is 0 Å². The van der Waals surface area contributed by atoms with Gasteiger partial charge in [0.2, 0.25) is 15.8 Å². The van der Waals surface area contributed by atoms with Crippen molar-refractivity contribution in [2.75, 3.05) is 13.2 Å². The highest BCUT2D eigenvalue weighted by molar-refractivity contribution is 7.89. The molecule has 1 saturated heterocycles. The molecule has 0 aliphatic carbocycles. The number of hydrogen-bond acceptors (Lipinski definition) is 5. The van der Waals surface area contributed by atoms with Crippen molar-refractivity contribution in [2.45, 2.75) is 37.1 Å². The molecule has 0 aromatic heterocycles. The van der Waals surface area contributed by atoms with Crippen molar-refractivity contribution < 1.29 is 27.1 Å². The van der Waals surface area contributed by atoms with E-state index in [2.05, 4.69) is 0 Å². The highest BCUT2D eigenvalue weighted by Crippen LogP contribution is 2.25. The molecule has 3 rings (SSSR count). The highest BCUT2D eigenvalue weighted by atomic mass is 32.2. The van der Waals surface area contributed by atoms with E-state index in [0.29, 0.717) is 6.54 Å². The number of Topliss-reactive ketones (excluding diaryl/α,β-unsaturated/α-hetero) is 1. The van der Waals surface area contributed by atoms with Gasteiger partial charge in [-0.15, -0.1) is 0 Å². The average molecular weight is 419 g/mol. The zero-order valence-electron chi connectivity index (χ0n) is 16.0. The summed E-state index contributed by atoms with van der Waals surface area (Å²) in [6.45, 7) is 1.76. The first kappa shape index (κ1) is 21.1. The normalized spacial score (nSPS) is 17.7. The maximum atomic E-state index is 13.6. The number of ether oxygens (including phenoxy) is 1. The summed E-state index contributed by atoms with van der Waals surface area (Å²) >= 11 is 0. The number of hydrogen-bond donors (Lipinski definition) is 0. The van der Waals surface area contributed by atoms with Crippen LogP contribution in [-0.2, 0) is 14.8 Å². The molecule has 0 N–H and O–H groups in total. The fourth-order valence-corrected chi connectivity index (χ4v) is 5.01. The molecule has 0 amide bonds. The van der Waals surface area contributed by atoms with Crippen molar-refractivity contribution in [3.63, 3.8) is 0 Å². The van der Waals surface area contributed by atoms with Crippen molar-refractivity contribution in [2.24, 2.45) is 0 Å². The van der Waals surface area contributed by atoms with Crippen molar-refractivity contribution in [3.8, 4) is 0 Å². The highest BCUT2D eigenvalue weighted by Gasteiger charge is 2.31. The van der Waals surface area contributed by atoms with Crippen LogP contribution in [0.1, 0.15) is 46.9 Å². The standard InChI is InChI=1S/C21H22FNO5S/c1-15-6-4-5-13-23(15)29(26,27)17-11-9-16(10-12-17)21(25)28-14-20(24)18-7-2-3-8-19(18)22/h2-3,7-12,15H,4-6,13-14H2,1H3/t15-/m1/s1. The summed E-state index contributed by atoms with van der Waals surface area (Å²) < 4.78 is 45.7. The lowest BCUT2D eigenvalue weighted by Gasteiger charge is -2.32. The van der Waals surface area contributed by atoms with Gasteiger partial charge in [0.15, 0.2) is 6.61 Å². The number of rotatable bonds is 6. The van der Waals surface area contributed by atoms with Crippen LogP contribution >= 0.6 is 0 Å². The van der Waals surface area contributed by atoms with Crippen LogP contribution < -0.4 is 0 Å². The predicted octanol–water partition coefficient (Wildman–Crippen LogP) is 3.43. The van der Waals surface area contributed by atoms with Crippen LogP contribution in [-0.4, -0.2) is 43.7 Å². The van der Waals surface area contributed by atoms with E-state index in [4.69, 9.17) is 4.74 Å². The summed E-state index contributed by atoms with van der Waals surface area (Å²) in [5, 5.41) is 0. The van der Waals surface area contributed by atoms with E-state index in [1.54, 1.807) is 0 Å². The summed E-state index contributed by atoms with van der Waals surface area (Å²) in [6.07, 6.45) is 2.65. The Morgan fingerprint density at radius 1 is 1.10 bits per heavy atom. The Labute approximate surface area is 169 Å². The molecule has 0 radical (unpaired) electrons. The van der Waals surface area contributed by atoms with Gasteiger partial charge in [0, 0.05) is 12.6 Å². The van der Waals surface area contributed by atoms with Gasteiger partial charge in [-0.1, -0.05) is 18.6 Å². The number of benzene rings is 2. The quantitative estimate of drug-likeness (QED) is 0.529. The third kappa shape index (κ3) is 4.71. The number of carbonyl (C=O) groups excluding carboxylic acids is 2. The van der Waals surface area contributed by atoms with Crippen molar-refractivity contribution in [3.05, 3.63) is 65.5 Å². The van der Waals surface area contributed by atoms with Gasteiger partial charge in [0.1, 0.15) is 5.82 Å². The molecule has 0 saturated carbocycles. The van der Waals surface area contributed by atoms with Gasteiger partial charge in [-0.25, -0.2) is 17.6 Å². The molecular formula is C21H22FNO5S. The van der Waals surface area contributed by atoms with Crippen LogP contribution in [0.5, 0.6) is 0 Å². The third-order valence-electron chi connectivity index (χ3n) is 4.95. The number of carbonyl (C=O) groups is 2.